The van der Waals surface area contributed by atoms with Crippen LogP contribution in [0.3, 0.4) is 0 Å². The zero-order chi connectivity index (χ0) is 12.6. The fourth-order valence-corrected chi connectivity index (χ4v) is 1.54. The molecular formula is C11H9F3N2S. The van der Waals surface area contributed by atoms with E-state index in [2.05, 4.69) is 17.7 Å². The minimum atomic E-state index is -4.41. The Morgan fingerprint density at radius 3 is 2.47 bits per heavy atom. The predicted octanol–water partition coefficient (Wildman–Crippen LogP) is 3.49. The molecule has 0 N–H and O–H groups in total. The van der Waals surface area contributed by atoms with Crippen molar-refractivity contribution in [1.29, 1.82) is 0 Å². The highest BCUT2D eigenvalue weighted by molar-refractivity contribution is 7.80. The first-order chi connectivity index (χ1) is 7.88. The molecular weight excluding hydrogens is 249 g/mol. The smallest absolute Gasteiger partial charge is 0.240 e. The van der Waals surface area contributed by atoms with E-state index < -0.39 is 11.9 Å². The third kappa shape index (κ3) is 2.46. The summed E-state index contributed by atoms with van der Waals surface area (Å²) in [6.07, 6.45) is -3.13. The van der Waals surface area contributed by atoms with Gasteiger partial charge >= 0.3 is 6.18 Å². The Labute approximate surface area is 101 Å². The summed E-state index contributed by atoms with van der Waals surface area (Å²) in [7, 11) is 0. The number of hydrogen-bond acceptors (Lipinski definition) is 2. The molecule has 0 fully saturated rings. The SMILES string of the molecule is Cc1cc(-n2ccc(C(F)(F)F)n2)ccc1S. The molecule has 0 saturated carbocycles. The lowest BCUT2D eigenvalue weighted by Crippen LogP contribution is -2.07. The van der Waals surface area contributed by atoms with Gasteiger partial charge in [0, 0.05) is 11.1 Å². The monoisotopic (exact) mass is 258 g/mol. The Bertz CT molecular complexity index is 546. The van der Waals surface area contributed by atoms with Gasteiger partial charge in [-0.05, 0) is 36.8 Å². The number of aryl methyl sites for hydroxylation is 1. The molecule has 6 heteroatoms. The van der Waals surface area contributed by atoms with Gasteiger partial charge in [-0.2, -0.15) is 18.3 Å². The zero-order valence-electron chi connectivity index (χ0n) is 8.86. The molecule has 0 spiro atoms. The van der Waals surface area contributed by atoms with Crippen molar-refractivity contribution >= 4 is 12.6 Å². The number of aromatic nitrogens is 2. The third-order valence-electron chi connectivity index (χ3n) is 2.32. The Balaban J connectivity index is 2.40. The van der Waals surface area contributed by atoms with E-state index >= 15 is 0 Å². The molecule has 90 valence electrons. The second-order valence-corrected chi connectivity index (χ2v) is 4.10. The van der Waals surface area contributed by atoms with E-state index in [-0.39, 0.29) is 0 Å². The molecule has 1 heterocycles. The first-order valence-electron chi connectivity index (χ1n) is 4.81. The molecule has 0 aliphatic carbocycles. The molecule has 0 bridgehead atoms. The Morgan fingerprint density at radius 2 is 1.94 bits per heavy atom. The van der Waals surface area contributed by atoms with Crippen molar-refractivity contribution in [2.45, 2.75) is 18.0 Å². The van der Waals surface area contributed by atoms with Crippen molar-refractivity contribution in [2.75, 3.05) is 0 Å². The van der Waals surface area contributed by atoms with Gasteiger partial charge < -0.3 is 0 Å². The molecule has 0 saturated heterocycles. The molecule has 1 aromatic carbocycles. The second-order valence-electron chi connectivity index (χ2n) is 3.61. The van der Waals surface area contributed by atoms with Gasteiger partial charge in [0.2, 0.25) is 0 Å². The fourth-order valence-electron chi connectivity index (χ4n) is 1.40. The zero-order valence-corrected chi connectivity index (χ0v) is 9.76. The molecule has 2 rings (SSSR count). The van der Waals surface area contributed by atoms with Crippen LogP contribution in [0.1, 0.15) is 11.3 Å². The topological polar surface area (TPSA) is 17.8 Å². The maximum absolute atomic E-state index is 12.4. The number of benzene rings is 1. The standard InChI is InChI=1S/C11H9F3N2S/c1-7-6-8(2-3-9(7)17)16-5-4-10(15-16)11(12,13)14/h2-6,17H,1H3. The molecule has 2 nitrogen and oxygen atoms in total. The Hall–Kier alpha value is -1.43. The average Bonchev–Trinajstić information content (AvgIpc) is 2.70. The number of rotatable bonds is 1. The molecule has 0 aliphatic rings. The van der Waals surface area contributed by atoms with E-state index in [1.807, 2.05) is 6.92 Å². The summed E-state index contributed by atoms with van der Waals surface area (Å²) in [6, 6.07) is 6.07. The van der Waals surface area contributed by atoms with Crippen molar-refractivity contribution in [3.05, 3.63) is 41.7 Å². The molecule has 0 unspecified atom stereocenters. The first kappa shape index (κ1) is 12.0. The number of hydrogen-bond donors (Lipinski definition) is 1. The van der Waals surface area contributed by atoms with E-state index in [0.717, 1.165) is 16.5 Å². The van der Waals surface area contributed by atoms with Crippen molar-refractivity contribution in [3.8, 4) is 5.69 Å². The van der Waals surface area contributed by atoms with Crippen molar-refractivity contribution in [1.82, 2.24) is 9.78 Å². The summed E-state index contributed by atoms with van der Waals surface area (Å²) in [5.41, 5.74) is 0.566. The minimum Gasteiger partial charge on any atom is -0.240 e. The average molecular weight is 258 g/mol. The lowest BCUT2D eigenvalue weighted by atomic mass is 10.2. The van der Waals surface area contributed by atoms with Crippen LogP contribution in [0.15, 0.2) is 35.4 Å². The number of halogens is 3. The number of nitrogens with zero attached hydrogens (tertiary/aromatic N) is 2. The highest BCUT2D eigenvalue weighted by Gasteiger charge is 2.33. The van der Waals surface area contributed by atoms with Crippen molar-refractivity contribution in [2.24, 2.45) is 0 Å². The van der Waals surface area contributed by atoms with Gasteiger partial charge in [0.05, 0.1) is 5.69 Å². The molecule has 0 radical (unpaired) electrons. The van der Waals surface area contributed by atoms with Gasteiger partial charge in [0.15, 0.2) is 5.69 Å². The quantitative estimate of drug-likeness (QED) is 0.775. The van der Waals surface area contributed by atoms with Gasteiger partial charge in [-0.3, -0.25) is 0 Å². The molecule has 17 heavy (non-hydrogen) atoms. The van der Waals surface area contributed by atoms with Crippen LogP contribution in [0.4, 0.5) is 13.2 Å². The minimum absolute atomic E-state index is 0.579. The van der Waals surface area contributed by atoms with Crippen LogP contribution in [0, 0.1) is 6.92 Å². The van der Waals surface area contributed by atoms with E-state index in [4.69, 9.17) is 0 Å². The first-order valence-corrected chi connectivity index (χ1v) is 5.25. The van der Waals surface area contributed by atoms with Gasteiger partial charge in [0.1, 0.15) is 0 Å². The highest BCUT2D eigenvalue weighted by atomic mass is 32.1. The lowest BCUT2D eigenvalue weighted by Gasteiger charge is -2.05. The van der Waals surface area contributed by atoms with Gasteiger partial charge in [-0.1, -0.05) is 0 Å². The maximum atomic E-state index is 12.4. The second kappa shape index (κ2) is 4.10. The summed E-state index contributed by atoms with van der Waals surface area (Å²) in [6.45, 7) is 1.83. The van der Waals surface area contributed by atoms with Crippen LogP contribution in [0.5, 0.6) is 0 Å². The molecule has 1 aromatic heterocycles. The van der Waals surface area contributed by atoms with Crippen molar-refractivity contribution < 1.29 is 13.2 Å². The van der Waals surface area contributed by atoms with Gasteiger partial charge in [-0.25, -0.2) is 4.68 Å². The number of alkyl halides is 3. The molecule has 2 aromatic rings. The highest BCUT2D eigenvalue weighted by Crippen LogP contribution is 2.28. The van der Waals surface area contributed by atoms with Crippen LogP contribution < -0.4 is 0 Å². The molecule has 0 aliphatic heterocycles. The lowest BCUT2D eigenvalue weighted by molar-refractivity contribution is -0.141. The Morgan fingerprint density at radius 1 is 1.24 bits per heavy atom. The predicted molar refractivity (Wildman–Crippen MR) is 60.6 cm³/mol. The third-order valence-corrected chi connectivity index (χ3v) is 2.83. The summed E-state index contributed by atoms with van der Waals surface area (Å²) in [5, 5.41) is 3.49. The maximum Gasteiger partial charge on any atom is 0.435 e. The molecule has 0 amide bonds. The van der Waals surface area contributed by atoms with E-state index in [1.165, 1.54) is 10.9 Å². The van der Waals surface area contributed by atoms with Crippen LogP contribution in [0.25, 0.3) is 5.69 Å². The summed E-state index contributed by atoms with van der Waals surface area (Å²) in [4.78, 5) is 0.789. The van der Waals surface area contributed by atoms with Crippen LogP contribution in [0.2, 0.25) is 0 Å². The summed E-state index contributed by atoms with van der Waals surface area (Å²) >= 11 is 4.20. The van der Waals surface area contributed by atoms with Crippen LogP contribution >= 0.6 is 12.6 Å². The fraction of sp³-hybridized carbons (Fsp3) is 0.182. The largest absolute Gasteiger partial charge is 0.435 e. The molecule has 0 atom stereocenters. The normalized spacial score (nSPS) is 11.8. The van der Waals surface area contributed by atoms with E-state index in [9.17, 15) is 13.2 Å². The van der Waals surface area contributed by atoms with Crippen LogP contribution in [-0.2, 0) is 6.18 Å². The van der Waals surface area contributed by atoms with Crippen LogP contribution in [-0.4, -0.2) is 9.78 Å². The summed E-state index contributed by atoms with van der Waals surface area (Å²) < 4.78 is 38.3. The van der Waals surface area contributed by atoms with Crippen molar-refractivity contribution in [3.63, 3.8) is 0 Å². The summed E-state index contributed by atoms with van der Waals surface area (Å²) in [5.74, 6) is 0. The van der Waals surface area contributed by atoms with E-state index in [1.54, 1.807) is 18.2 Å². The van der Waals surface area contributed by atoms with Gasteiger partial charge in [0.25, 0.3) is 0 Å². The number of thiol groups is 1. The van der Waals surface area contributed by atoms with Gasteiger partial charge in [-0.15, -0.1) is 12.6 Å². The Kier molecular flexibility index (Phi) is 2.91. The van der Waals surface area contributed by atoms with E-state index in [0.29, 0.717) is 5.69 Å².